The number of carbonyl (C=O) groups excluding carboxylic acids is 2. The predicted octanol–water partition coefficient (Wildman–Crippen LogP) is 16.5. The summed E-state index contributed by atoms with van der Waals surface area (Å²) in [6, 6.07) is 0. The second kappa shape index (κ2) is 52.3. The molecule has 0 saturated carbocycles. The second-order valence-corrected chi connectivity index (χ2v) is 22.3. The van der Waals surface area contributed by atoms with Crippen LogP contribution in [0.15, 0.2) is 0 Å². The highest BCUT2D eigenvalue weighted by molar-refractivity contribution is 5.73. The number of aliphatic hydroxyl groups excluding tert-OH is 3. The van der Waals surface area contributed by atoms with Crippen LogP contribution in [0, 0.1) is 0 Å². The predicted molar refractivity (Wildman–Crippen MR) is 299 cm³/mol. The standard InChI is InChI=1S/C62H118O11/c1-3-5-7-9-11-13-15-17-19-21-23-25-27-29-30-32-34-36-38-40-42-44-46-48-50-55(63)70-52-54(53-71-62-59(67)57(65)58(66)60(73-62)61(68)69)72-56(64)51-49-47-45-43-41-39-37-35-33-31-28-26-24-22-20-18-16-14-12-10-8-6-4-2/h54,57-60,62,65-67H,3-53H2,1-2H3,(H,68,69). The highest BCUT2D eigenvalue weighted by Gasteiger charge is 2.47. The van der Waals surface area contributed by atoms with E-state index in [2.05, 4.69) is 13.8 Å². The topological polar surface area (TPSA) is 169 Å². The molecule has 6 atom stereocenters. The van der Waals surface area contributed by atoms with Gasteiger partial charge in [0.2, 0.25) is 0 Å². The fraction of sp³-hybridized carbons (Fsp3) is 0.952. The van der Waals surface area contributed by atoms with Crippen molar-refractivity contribution in [3.8, 4) is 0 Å². The number of hydrogen-bond acceptors (Lipinski definition) is 10. The largest absolute Gasteiger partial charge is 0.479 e. The van der Waals surface area contributed by atoms with E-state index in [-0.39, 0.29) is 26.1 Å². The van der Waals surface area contributed by atoms with Gasteiger partial charge in [0.25, 0.3) is 0 Å². The number of unbranched alkanes of at least 4 members (excludes halogenated alkanes) is 45. The van der Waals surface area contributed by atoms with Crippen molar-refractivity contribution in [2.24, 2.45) is 0 Å². The Bertz CT molecular complexity index is 1220. The van der Waals surface area contributed by atoms with E-state index in [1.54, 1.807) is 0 Å². The van der Waals surface area contributed by atoms with Crippen LogP contribution < -0.4 is 0 Å². The third-order valence-corrected chi connectivity index (χ3v) is 15.2. The van der Waals surface area contributed by atoms with Gasteiger partial charge in [0.15, 0.2) is 18.5 Å². The van der Waals surface area contributed by atoms with Gasteiger partial charge >= 0.3 is 17.9 Å². The number of carbonyl (C=O) groups is 3. The van der Waals surface area contributed by atoms with Crippen LogP contribution in [-0.2, 0) is 33.3 Å². The Labute approximate surface area is 448 Å². The quantitative estimate of drug-likeness (QED) is 0.0338. The van der Waals surface area contributed by atoms with E-state index in [9.17, 15) is 34.8 Å². The lowest BCUT2D eigenvalue weighted by Crippen LogP contribution is -2.60. The first-order valence-electron chi connectivity index (χ1n) is 31.6. The number of ether oxygens (including phenoxy) is 4. The molecule has 1 aliphatic heterocycles. The number of carboxylic acids is 1. The van der Waals surface area contributed by atoms with Crippen LogP contribution in [0.4, 0.5) is 0 Å². The van der Waals surface area contributed by atoms with Crippen LogP contribution in [0.5, 0.6) is 0 Å². The van der Waals surface area contributed by atoms with Gasteiger partial charge in [0, 0.05) is 12.8 Å². The van der Waals surface area contributed by atoms with Gasteiger partial charge < -0.3 is 39.4 Å². The summed E-state index contributed by atoms with van der Waals surface area (Å²) < 4.78 is 22.0. The number of carboxylic acid groups (broad SMARTS) is 1. The normalized spacial score (nSPS) is 18.3. The third-order valence-electron chi connectivity index (χ3n) is 15.2. The molecule has 432 valence electrons. The molecule has 1 rings (SSSR count). The summed E-state index contributed by atoms with van der Waals surface area (Å²) >= 11 is 0. The monoisotopic (exact) mass is 1040 g/mol. The molecule has 73 heavy (non-hydrogen) atoms. The highest BCUT2D eigenvalue weighted by atomic mass is 16.7. The smallest absolute Gasteiger partial charge is 0.335 e. The summed E-state index contributed by atoms with van der Waals surface area (Å²) in [7, 11) is 0. The Kier molecular flexibility index (Phi) is 49.6. The van der Waals surface area contributed by atoms with Gasteiger partial charge in [-0.1, -0.05) is 303 Å². The zero-order chi connectivity index (χ0) is 53.1. The average molecular weight is 1040 g/mol. The Morgan fingerprint density at radius 1 is 0.370 bits per heavy atom. The molecule has 4 N–H and O–H groups in total. The van der Waals surface area contributed by atoms with Gasteiger partial charge in [-0.05, 0) is 12.8 Å². The molecule has 0 aromatic carbocycles. The molecule has 0 spiro atoms. The lowest BCUT2D eigenvalue weighted by atomic mass is 9.99. The van der Waals surface area contributed by atoms with Crippen molar-refractivity contribution in [1.82, 2.24) is 0 Å². The number of hydrogen-bond donors (Lipinski definition) is 4. The summed E-state index contributed by atoms with van der Waals surface area (Å²) in [5.41, 5.74) is 0. The van der Waals surface area contributed by atoms with Crippen molar-refractivity contribution < 1.29 is 53.8 Å². The Hall–Kier alpha value is -1.79. The van der Waals surface area contributed by atoms with Crippen molar-refractivity contribution in [2.75, 3.05) is 13.2 Å². The Morgan fingerprint density at radius 3 is 0.932 bits per heavy atom. The number of aliphatic hydroxyl groups is 3. The zero-order valence-corrected chi connectivity index (χ0v) is 47.7. The molecule has 6 unspecified atom stereocenters. The maximum atomic E-state index is 12.9. The highest BCUT2D eigenvalue weighted by Crippen LogP contribution is 2.24. The molecular weight excluding hydrogens is 921 g/mol. The van der Waals surface area contributed by atoms with Gasteiger partial charge in [-0.3, -0.25) is 9.59 Å². The second-order valence-electron chi connectivity index (χ2n) is 22.3. The van der Waals surface area contributed by atoms with Crippen molar-refractivity contribution >= 4 is 17.9 Å². The Morgan fingerprint density at radius 2 is 0.644 bits per heavy atom. The molecule has 0 bridgehead atoms. The SMILES string of the molecule is CCCCCCCCCCCCCCCCCCCCCCCCCCC(=O)OCC(COC1OC(C(=O)O)C(O)C(O)C1O)OC(=O)CCCCCCCCCCCCCCCCCCCCCCCCC. The third kappa shape index (κ3) is 42.9. The lowest BCUT2D eigenvalue weighted by molar-refractivity contribution is -0.298. The maximum absolute atomic E-state index is 12.9. The van der Waals surface area contributed by atoms with E-state index in [0.29, 0.717) is 12.8 Å². The van der Waals surface area contributed by atoms with Crippen LogP contribution in [-0.4, -0.2) is 88.4 Å². The molecule has 0 aliphatic carbocycles. The Balaban J connectivity index is 2.17. The fourth-order valence-corrected chi connectivity index (χ4v) is 10.3. The zero-order valence-electron chi connectivity index (χ0n) is 47.7. The minimum absolute atomic E-state index is 0.192. The van der Waals surface area contributed by atoms with Crippen LogP contribution >= 0.6 is 0 Å². The van der Waals surface area contributed by atoms with E-state index in [0.717, 1.165) is 38.5 Å². The molecule has 0 aromatic rings. The van der Waals surface area contributed by atoms with Crippen LogP contribution in [0.1, 0.15) is 328 Å². The van der Waals surface area contributed by atoms with E-state index in [1.807, 2.05) is 0 Å². The van der Waals surface area contributed by atoms with Crippen molar-refractivity contribution in [3.05, 3.63) is 0 Å². The van der Waals surface area contributed by atoms with Crippen molar-refractivity contribution in [1.29, 1.82) is 0 Å². The number of rotatable bonds is 56. The van der Waals surface area contributed by atoms with E-state index < -0.39 is 54.7 Å². The molecule has 0 radical (unpaired) electrons. The first kappa shape index (κ1) is 69.2. The molecule has 0 aromatic heterocycles. The molecule has 0 amide bonds. The lowest BCUT2D eigenvalue weighted by Gasteiger charge is -2.38. The fourth-order valence-electron chi connectivity index (χ4n) is 10.3. The van der Waals surface area contributed by atoms with E-state index in [4.69, 9.17) is 18.9 Å². The minimum atomic E-state index is -1.86. The summed E-state index contributed by atoms with van der Waals surface area (Å²) in [6.45, 7) is 3.90. The summed E-state index contributed by atoms with van der Waals surface area (Å²) in [5, 5.41) is 40.1. The summed E-state index contributed by atoms with van der Waals surface area (Å²) in [6.07, 6.45) is 51.7. The molecule has 11 nitrogen and oxygen atoms in total. The molecule has 11 heteroatoms. The number of aliphatic carboxylic acids is 1. The average Bonchev–Trinajstić information content (AvgIpc) is 3.38. The first-order valence-corrected chi connectivity index (χ1v) is 31.6. The summed E-state index contributed by atoms with van der Waals surface area (Å²) in [5.74, 6) is -2.41. The van der Waals surface area contributed by atoms with E-state index >= 15 is 0 Å². The maximum Gasteiger partial charge on any atom is 0.335 e. The molecule has 1 saturated heterocycles. The van der Waals surface area contributed by atoms with Gasteiger partial charge in [-0.2, -0.15) is 0 Å². The first-order chi connectivity index (χ1) is 35.7. The van der Waals surface area contributed by atoms with Gasteiger partial charge in [-0.15, -0.1) is 0 Å². The van der Waals surface area contributed by atoms with Crippen LogP contribution in [0.3, 0.4) is 0 Å². The van der Waals surface area contributed by atoms with Gasteiger partial charge in [-0.25, -0.2) is 4.79 Å². The van der Waals surface area contributed by atoms with Crippen LogP contribution in [0.2, 0.25) is 0 Å². The molecule has 1 aliphatic rings. The van der Waals surface area contributed by atoms with Gasteiger partial charge in [0.05, 0.1) is 6.61 Å². The number of esters is 2. The van der Waals surface area contributed by atoms with Crippen molar-refractivity contribution in [3.63, 3.8) is 0 Å². The van der Waals surface area contributed by atoms with Crippen molar-refractivity contribution in [2.45, 2.75) is 365 Å². The molecule has 1 fully saturated rings. The van der Waals surface area contributed by atoms with E-state index in [1.165, 1.54) is 250 Å². The van der Waals surface area contributed by atoms with Gasteiger partial charge in [0.1, 0.15) is 24.9 Å². The molecule has 1 heterocycles. The minimum Gasteiger partial charge on any atom is -0.479 e. The van der Waals surface area contributed by atoms with Crippen LogP contribution in [0.25, 0.3) is 0 Å². The summed E-state index contributed by atoms with van der Waals surface area (Å²) in [4.78, 5) is 37.2. The molecular formula is C62H118O11.